The Morgan fingerprint density at radius 3 is 2.18 bits per heavy atom. The van der Waals surface area contributed by atoms with E-state index < -0.39 is 23.6 Å². The molecule has 2 aliphatic heterocycles. The number of benzene rings is 1. The summed E-state index contributed by atoms with van der Waals surface area (Å²) in [5.41, 5.74) is -1.53. The number of fused-ring (bicyclic) bond motifs is 1. The first-order valence-electron chi connectivity index (χ1n) is 11.3. The molecule has 10 nitrogen and oxygen atoms in total. The minimum absolute atomic E-state index is 0.0766. The number of hydrogen-bond acceptors (Lipinski definition) is 6. The quantitative estimate of drug-likeness (QED) is 0.563. The number of carbonyl (C=O) groups is 1. The molecule has 34 heavy (non-hydrogen) atoms. The van der Waals surface area contributed by atoms with Gasteiger partial charge in [0.05, 0.1) is 32.3 Å². The van der Waals surface area contributed by atoms with Crippen LogP contribution >= 0.6 is 0 Å². The fourth-order valence-corrected chi connectivity index (χ4v) is 4.41. The summed E-state index contributed by atoms with van der Waals surface area (Å²) in [4.78, 5) is 53.3. The highest BCUT2D eigenvalue weighted by Gasteiger charge is 2.31. The van der Waals surface area contributed by atoms with Gasteiger partial charge in [-0.3, -0.25) is 4.79 Å². The van der Waals surface area contributed by atoms with Crippen LogP contribution in [0.5, 0.6) is 11.5 Å². The zero-order valence-corrected chi connectivity index (χ0v) is 19.0. The van der Waals surface area contributed by atoms with E-state index in [4.69, 9.17) is 9.47 Å². The van der Waals surface area contributed by atoms with Gasteiger partial charge in [-0.2, -0.15) is 0 Å². The lowest BCUT2D eigenvalue weighted by molar-refractivity contribution is -0.133. The highest BCUT2D eigenvalue weighted by atomic mass is 16.5. The van der Waals surface area contributed by atoms with Crippen LogP contribution in [0.4, 0.5) is 0 Å². The molecular weight excluding hydrogens is 440 g/mol. The average Bonchev–Trinajstić information content (AvgIpc) is 3.21. The van der Waals surface area contributed by atoms with Crippen LogP contribution in [0.3, 0.4) is 0 Å². The first-order chi connectivity index (χ1) is 16.5. The topological polar surface area (TPSA) is 105 Å². The maximum Gasteiger partial charge on any atom is 0.337 e. The fraction of sp³-hybridized carbons (Fsp3) is 0.417. The van der Waals surface area contributed by atoms with Crippen molar-refractivity contribution in [2.24, 2.45) is 0 Å². The summed E-state index contributed by atoms with van der Waals surface area (Å²) in [6.45, 7) is 8.15. The summed E-state index contributed by atoms with van der Waals surface area (Å²) in [7, 11) is 0. The smallest absolute Gasteiger partial charge is 0.337 e. The van der Waals surface area contributed by atoms with Gasteiger partial charge in [0.2, 0.25) is 5.91 Å². The number of hydrogen-bond donors (Lipinski definition) is 0. The summed E-state index contributed by atoms with van der Waals surface area (Å²) in [6.07, 6.45) is 5.11. The molecule has 0 aliphatic carbocycles. The van der Waals surface area contributed by atoms with Crippen LogP contribution in [0.25, 0.3) is 0 Å². The predicted molar refractivity (Wildman–Crippen MR) is 125 cm³/mol. The molecule has 1 saturated heterocycles. The molecule has 1 amide bonds. The Morgan fingerprint density at radius 2 is 1.53 bits per heavy atom. The highest BCUT2D eigenvalue weighted by molar-refractivity contribution is 5.77. The van der Waals surface area contributed by atoms with Crippen molar-refractivity contribution in [2.45, 2.75) is 44.9 Å². The molecule has 180 valence electrons. The fourth-order valence-electron chi connectivity index (χ4n) is 4.41. The molecule has 0 spiro atoms. The molecule has 1 atom stereocenters. The minimum Gasteiger partial charge on any atom is -0.490 e. The Labute approximate surface area is 195 Å². The molecule has 4 rings (SSSR count). The summed E-state index contributed by atoms with van der Waals surface area (Å²) in [5.74, 6) is 0.952. The lowest BCUT2D eigenvalue weighted by Crippen LogP contribution is -2.55. The van der Waals surface area contributed by atoms with Crippen molar-refractivity contribution in [2.75, 3.05) is 19.8 Å². The van der Waals surface area contributed by atoms with Gasteiger partial charge in [0.25, 0.3) is 0 Å². The van der Waals surface area contributed by atoms with Crippen LogP contribution in [0.2, 0.25) is 0 Å². The van der Waals surface area contributed by atoms with E-state index in [-0.39, 0.29) is 25.0 Å². The number of aromatic nitrogens is 3. The third-order valence-electron chi connectivity index (χ3n) is 6.03. The van der Waals surface area contributed by atoms with E-state index in [0.717, 1.165) is 38.5 Å². The van der Waals surface area contributed by atoms with Crippen molar-refractivity contribution in [3.63, 3.8) is 0 Å². The third-order valence-corrected chi connectivity index (χ3v) is 6.03. The zero-order valence-electron chi connectivity index (χ0n) is 19.0. The van der Waals surface area contributed by atoms with Gasteiger partial charge < -0.3 is 14.4 Å². The Morgan fingerprint density at radius 1 is 0.912 bits per heavy atom. The SMILES string of the molecule is C=CCn1c(=O)n(CC=C)c(=O)n(CC(=O)N2CCC[C@H]2c2ccc3c(c2)OCCCO3)c1=O. The van der Waals surface area contributed by atoms with Crippen molar-refractivity contribution in [3.05, 3.63) is 80.5 Å². The summed E-state index contributed by atoms with van der Waals surface area (Å²) < 4.78 is 14.1. The number of likely N-dealkylation sites (tertiary alicyclic amines) is 1. The largest absolute Gasteiger partial charge is 0.490 e. The van der Waals surface area contributed by atoms with Crippen molar-refractivity contribution in [1.82, 2.24) is 18.6 Å². The van der Waals surface area contributed by atoms with E-state index in [1.165, 1.54) is 12.2 Å². The Hall–Kier alpha value is -3.82. The van der Waals surface area contributed by atoms with Crippen molar-refractivity contribution >= 4 is 5.91 Å². The summed E-state index contributed by atoms with van der Waals surface area (Å²) in [6, 6.07) is 5.44. The second-order valence-electron chi connectivity index (χ2n) is 8.23. The maximum atomic E-state index is 13.3. The molecule has 0 bridgehead atoms. The average molecular weight is 469 g/mol. The molecule has 10 heteroatoms. The predicted octanol–water partition coefficient (Wildman–Crippen LogP) is 1.07. The van der Waals surface area contributed by atoms with Crippen molar-refractivity contribution < 1.29 is 14.3 Å². The number of allylic oxidation sites excluding steroid dienone is 2. The highest BCUT2D eigenvalue weighted by Crippen LogP contribution is 2.37. The molecule has 3 heterocycles. The zero-order chi connectivity index (χ0) is 24.2. The van der Waals surface area contributed by atoms with E-state index in [9.17, 15) is 19.2 Å². The lowest BCUT2D eigenvalue weighted by atomic mass is 10.0. The van der Waals surface area contributed by atoms with Gasteiger partial charge in [-0.1, -0.05) is 18.2 Å². The molecule has 1 fully saturated rings. The maximum absolute atomic E-state index is 13.3. The van der Waals surface area contributed by atoms with E-state index in [1.54, 1.807) is 4.90 Å². The Bertz CT molecular complexity index is 1240. The van der Waals surface area contributed by atoms with Crippen molar-refractivity contribution in [3.8, 4) is 11.5 Å². The lowest BCUT2D eigenvalue weighted by Gasteiger charge is -2.26. The van der Waals surface area contributed by atoms with E-state index >= 15 is 0 Å². The number of amides is 1. The first-order valence-corrected chi connectivity index (χ1v) is 11.3. The van der Waals surface area contributed by atoms with Crippen LogP contribution in [-0.4, -0.2) is 44.3 Å². The van der Waals surface area contributed by atoms with Crippen LogP contribution in [0, 0.1) is 0 Å². The molecule has 0 N–H and O–H groups in total. The molecule has 2 aliphatic rings. The van der Waals surface area contributed by atoms with Crippen LogP contribution in [0.15, 0.2) is 57.9 Å². The van der Waals surface area contributed by atoms with Crippen LogP contribution in [0.1, 0.15) is 30.9 Å². The Balaban J connectivity index is 1.65. The van der Waals surface area contributed by atoms with E-state index in [2.05, 4.69) is 13.2 Å². The van der Waals surface area contributed by atoms with Gasteiger partial charge in [-0.05, 0) is 30.5 Å². The molecule has 1 aromatic heterocycles. The summed E-state index contributed by atoms with van der Waals surface area (Å²) >= 11 is 0. The Kier molecular flexibility index (Phi) is 6.85. The third kappa shape index (κ3) is 4.35. The van der Waals surface area contributed by atoms with Crippen LogP contribution < -0.4 is 26.5 Å². The molecule has 1 aromatic carbocycles. The van der Waals surface area contributed by atoms with Gasteiger partial charge in [-0.15, -0.1) is 13.2 Å². The van der Waals surface area contributed by atoms with Gasteiger partial charge in [0.1, 0.15) is 6.54 Å². The molecule has 0 unspecified atom stereocenters. The van der Waals surface area contributed by atoms with E-state index in [1.807, 2.05) is 18.2 Å². The van der Waals surface area contributed by atoms with Gasteiger partial charge in [0, 0.05) is 13.0 Å². The second-order valence-corrected chi connectivity index (χ2v) is 8.23. The minimum atomic E-state index is -0.838. The van der Waals surface area contributed by atoms with Gasteiger partial charge in [-0.25, -0.2) is 28.1 Å². The number of nitrogens with zero attached hydrogens (tertiary/aromatic N) is 4. The number of carbonyl (C=O) groups excluding carboxylic acids is 1. The molecule has 2 aromatic rings. The van der Waals surface area contributed by atoms with Gasteiger partial charge in [0.15, 0.2) is 11.5 Å². The second kappa shape index (κ2) is 9.98. The number of rotatable bonds is 7. The molecule has 0 radical (unpaired) electrons. The van der Waals surface area contributed by atoms with Gasteiger partial charge >= 0.3 is 17.1 Å². The van der Waals surface area contributed by atoms with Crippen molar-refractivity contribution in [1.29, 1.82) is 0 Å². The normalized spacial score (nSPS) is 17.3. The van der Waals surface area contributed by atoms with E-state index in [0.29, 0.717) is 31.3 Å². The number of ether oxygens (including phenoxy) is 2. The monoisotopic (exact) mass is 468 g/mol. The first kappa shape index (κ1) is 23.3. The standard InChI is InChI=1S/C24H28N4O6/c1-3-10-26-22(30)27(11-4-2)24(32)28(23(26)31)16-21(29)25-12-5-7-18(25)17-8-9-19-20(15-17)34-14-6-13-33-19/h3-4,8-9,15,18H,1-2,5-7,10-14,16H2/t18-/m0/s1. The molecule has 0 saturated carbocycles. The van der Waals surface area contributed by atoms with Crippen LogP contribution in [-0.2, 0) is 24.4 Å². The molecular formula is C24H28N4O6. The summed E-state index contributed by atoms with van der Waals surface area (Å²) in [5, 5.41) is 0.